The number of anilines is 1. The summed E-state index contributed by atoms with van der Waals surface area (Å²) >= 11 is 5.87. The van der Waals surface area contributed by atoms with Gasteiger partial charge < -0.3 is 14.8 Å². The Balaban J connectivity index is 2.63. The van der Waals surface area contributed by atoms with E-state index in [-0.39, 0.29) is 0 Å². The second kappa shape index (κ2) is 6.50. The number of aromatic nitrogens is 2. The summed E-state index contributed by atoms with van der Waals surface area (Å²) in [7, 11) is 3.22. The highest BCUT2D eigenvalue weighted by molar-refractivity contribution is 6.31. The predicted octanol–water partition coefficient (Wildman–Crippen LogP) is 1.83. The van der Waals surface area contributed by atoms with Crippen LogP contribution in [-0.2, 0) is 4.74 Å². The molecular weight excluding hydrogens is 230 g/mol. The van der Waals surface area contributed by atoms with Crippen molar-refractivity contribution in [3.05, 3.63) is 11.5 Å². The van der Waals surface area contributed by atoms with E-state index in [1.807, 2.05) is 0 Å². The van der Waals surface area contributed by atoms with Gasteiger partial charge in [-0.15, -0.1) is 0 Å². The molecule has 1 atom stereocenters. The third kappa shape index (κ3) is 3.50. The van der Waals surface area contributed by atoms with E-state index in [0.29, 0.717) is 29.2 Å². The normalized spacial score (nSPS) is 12.2. The number of nitrogens with zero attached hydrogens (tertiary/aromatic N) is 2. The first kappa shape index (κ1) is 13.0. The van der Waals surface area contributed by atoms with Gasteiger partial charge in [0.15, 0.2) is 16.7 Å². The number of nitrogens with one attached hydrogen (secondary N) is 1. The Morgan fingerprint density at radius 1 is 1.44 bits per heavy atom. The van der Waals surface area contributed by atoms with Crippen molar-refractivity contribution in [3.8, 4) is 5.75 Å². The molecule has 6 heteroatoms. The summed E-state index contributed by atoms with van der Waals surface area (Å²) in [5.74, 6) is 1.45. The molecule has 0 aliphatic heterocycles. The monoisotopic (exact) mass is 245 g/mol. The minimum Gasteiger partial charge on any atom is -0.490 e. The summed E-state index contributed by atoms with van der Waals surface area (Å²) in [6.07, 6.45) is 1.40. The minimum atomic E-state index is 0.305. The molecule has 0 bridgehead atoms. The van der Waals surface area contributed by atoms with Crippen LogP contribution in [0.3, 0.4) is 0 Å². The highest BCUT2D eigenvalue weighted by Crippen LogP contribution is 2.28. The van der Waals surface area contributed by atoms with Gasteiger partial charge in [-0.25, -0.2) is 9.97 Å². The number of rotatable bonds is 6. The van der Waals surface area contributed by atoms with E-state index in [1.165, 1.54) is 13.4 Å². The molecule has 0 saturated heterocycles. The summed E-state index contributed by atoms with van der Waals surface area (Å²) in [6, 6.07) is 0. The first-order chi connectivity index (χ1) is 7.69. The molecule has 0 radical (unpaired) electrons. The molecule has 0 aromatic carbocycles. The summed E-state index contributed by atoms with van der Waals surface area (Å²) in [4.78, 5) is 7.91. The lowest BCUT2D eigenvalue weighted by atomic mass is 10.2. The number of hydrogen-bond acceptors (Lipinski definition) is 5. The summed E-state index contributed by atoms with van der Waals surface area (Å²) in [5.41, 5.74) is 0. The molecule has 1 heterocycles. The summed E-state index contributed by atoms with van der Waals surface area (Å²) in [5, 5.41) is 3.45. The average Bonchev–Trinajstić information content (AvgIpc) is 2.27. The van der Waals surface area contributed by atoms with Crippen LogP contribution in [0.4, 0.5) is 5.82 Å². The Morgan fingerprint density at radius 2 is 2.19 bits per heavy atom. The van der Waals surface area contributed by atoms with Gasteiger partial charge in [-0.2, -0.15) is 0 Å². The second-order valence-corrected chi connectivity index (χ2v) is 3.85. The third-order valence-electron chi connectivity index (χ3n) is 2.03. The van der Waals surface area contributed by atoms with Crippen molar-refractivity contribution in [2.24, 2.45) is 5.92 Å². The number of hydrogen-bond donors (Lipinski definition) is 1. The smallest absolute Gasteiger partial charge is 0.198 e. The van der Waals surface area contributed by atoms with Crippen molar-refractivity contribution < 1.29 is 9.47 Å². The van der Waals surface area contributed by atoms with E-state index < -0.39 is 0 Å². The van der Waals surface area contributed by atoms with Gasteiger partial charge in [0.25, 0.3) is 0 Å². The van der Waals surface area contributed by atoms with E-state index in [9.17, 15) is 0 Å². The zero-order chi connectivity index (χ0) is 12.0. The molecule has 90 valence electrons. The maximum Gasteiger partial charge on any atom is 0.198 e. The fourth-order valence-electron chi connectivity index (χ4n) is 1.27. The van der Waals surface area contributed by atoms with Crippen molar-refractivity contribution in [1.29, 1.82) is 0 Å². The predicted molar refractivity (Wildman–Crippen MR) is 63.1 cm³/mol. The molecule has 1 rings (SSSR count). The zero-order valence-corrected chi connectivity index (χ0v) is 10.4. The van der Waals surface area contributed by atoms with Crippen LogP contribution in [0.2, 0.25) is 5.15 Å². The lowest BCUT2D eigenvalue weighted by molar-refractivity contribution is 0.164. The first-order valence-electron chi connectivity index (χ1n) is 4.96. The zero-order valence-electron chi connectivity index (χ0n) is 9.66. The molecular formula is C10H16ClN3O2. The lowest BCUT2D eigenvalue weighted by Crippen LogP contribution is -2.17. The van der Waals surface area contributed by atoms with Gasteiger partial charge in [0.2, 0.25) is 0 Å². The van der Waals surface area contributed by atoms with Crippen LogP contribution in [0.5, 0.6) is 5.75 Å². The van der Waals surface area contributed by atoms with Crippen LogP contribution in [0, 0.1) is 5.92 Å². The fourth-order valence-corrected chi connectivity index (χ4v) is 1.48. The maximum atomic E-state index is 5.87. The fraction of sp³-hybridized carbons (Fsp3) is 0.600. The van der Waals surface area contributed by atoms with Crippen LogP contribution < -0.4 is 10.1 Å². The molecule has 1 aromatic rings. The Hall–Kier alpha value is -1.07. The SMILES string of the molecule is COCC(C)CNc1ncnc(Cl)c1OC. The van der Waals surface area contributed by atoms with Gasteiger partial charge in [0.1, 0.15) is 6.33 Å². The number of halogens is 1. The average molecular weight is 246 g/mol. The Kier molecular flexibility index (Phi) is 5.28. The highest BCUT2D eigenvalue weighted by atomic mass is 35.5. The Bertz CT molecular complexity index is 336. The first-order valence-corrected chi connectivity index (χ1v) is 5.34. The van der Waals surface area contributed by atoms with Crippen LogP contribution in [0.15, 0.2) is 6.33 Å². The molecule has 0 amide bonds. The van der Waals surface area contributed by atoms with E-state index in [2.05, 4.69) is 22.2 Å². The maximum absolute atomic E-state index is 5.87. The van der Waals surface area contributed by atoms with Gasteiger partial charge in [-0.3, -0.25) is 0 Å². The second-order valence-electron chi connectivity index (χ2n) is 3.49. The summed E-state index contributed by atoms with van der Waals surface area (Å²) in [6.45, 7) is 3.50. The minimum absolute atomic E-state index is 0.305. The van der Waals surface area contributed by atoms with Crippen molar-refractivity contribution in [3.63, 3.8) is 0 Å². The van der Waals surface area contributed by atoms with E-state index in [0.717, 1.165) is 6.54 Å². The lowest BCUT2D eigenvalue weighted by Gasteiger charge is -2.14. The van der Waals surface area contributed by atoms with E-state index in [1.54, 1.807) is 7.11 Å². The largest absolute Gasteiger partial charge is 0.490 e. The number of ether oxygens (including phenoxy) is 2. The van der Waals surface area contributed by atoms with Crippen LogP contribution in [0.25, 0.3) is 0 Å². The quantitative estimate of drug-likeness (QED) is 0.775. The Morgan fingerprint density at radius 3 is 2.81 bits per heavy atom. The molecule has 0 fully saturated rings. The van der Waals surface area contributed by atoms with Gasteiger partial charge in [0.05, 0.1) is 13.7 Å². The van der Waals surface area contributed by atoms with Crippen molar-refractivity contribution >= 4 is 17.4 Å². The molecule has 5 nitrogen and oxygen atoms in total. The molecule has 0 spiro atoms. The molecule has 0 aliphatic rings. The molecule has 1 unspecified atom stereocenters. The van der Waals surface area contributed by atoms with Gasteiger partial charge in [-0.05, 0) is 5.92 Å². The molecule has 0 aliphatic carbocycles. The summed E-state index contributed by atoms with van der Waals surface area (Å²) < 4.78 is 10.2. The molecule has 1 aromatic heterocycles. The van der Waals surface area contributed by atoms with Crippen molar-refractivity contribution in [2.75, 3.05) is 32.7 Å². The topological polar surface area (TPSA) is 56.3 Å². The van der Waals surface area contributed by atoms with Crippen molar-refractivity contribution in [2.45, 2.75) is 6.92 Å². The standard InChI is InChI=1S/C10H16ClN3O2/c1-7(5-15-2)4-12-10-8(16-3)9(11)13-6-14-10/h6-7H,4-5H2,1-3H3,(H,12,13,14). The van der Waals surface area contributed by atoms with E-state index >= 15 is 0 Å². The van der Waals surface area contributed by atoms with E-state index in [4.69, 9.17) is 21.1 Å². The van der Waals surface area contributed by atoms with Crippen molar-refractivity contribution in [1.82, 2.24) is 9.97 Å². The van der Waals surface area contributed by atoms with Crippen LogP contribution >= 0.6 is 11.6 Å². The Labute approximate surface area is 100 Å². The van der Waals surface area contributed by atoms with Crippen LogP contribution in [0.1, 0.15) is 6.92 Å². The van der Waals surface area contributed by atoms with Gasteiger partial charge in [-0.1, -0.05) is 18.5 Å². The third-order valence-corrected chi connectivity index (χ3v) is 2.30. The van der Waals surface area contributed by atoms with Crippen LogP contribution in [-0.4, -0.2) is 37.3 Å². The van der Waals surface area contributed by atoms with Gasteiger partial charge in [0, 0.05) is 13.7 Å². The molecule has 1 N–H and O–H groups in total. The highest BCUT2D eigenvalue weighted by Gasteiger charge is 2.10. The number of methoxy groups -OCH3 is 2. The molecule has 16 heavy (non-hydrogen) atoms. The molecule has 0 saturated carbocycles. The van der Waals surface area contributed by atoms with Gasteiger partial charge >= 0.3 is 0 Å².